The molecule has 204 valence electrons. The second kappa shape index (κ2) is 11.5. The minimum Gasteiger partial charge on any atom is -0.361 e. The zero-order chi connectivity index (χ0) is 27.6. The van der Waals surface area contributed by atoms with E-state index >= 15 is 0 Å². The highest BCUT2D eigenvalue weighted by atomic mass is 79.9. The molecule has 0 aliphatic carbocycles. The molecule has 0 amide bonds. The lowest BCUT2D eigenvalue weighted by molar-refractivity contribution is 0.0899. The number of fused-ring (bicyclic) bond motifs is 1. The van der Waals surface area contributed by atoms with E-state index in [4.69, 9.17) is 4.74 Å². The lowest BCUT2D eigenvalue weighted by atomic mass is 9.96. The van der Waals surface area contributed by atoms with Crippen molar-refractivity contribution >= 4 is 40.9 Å². The summed E-state index contributed by atoms with van der Waals surface area (Å²) in [6, 6.07) is 8.30. The van der Waals surface area contributed by atoms with Crippen LogP contribution in [-0.2, 0) is 11.5 Å². The van der Waals surface area contributed by atoms with Gasteiger partial charge in [0.05, 0.1) is 30.4 Å². The third kappa shape index (κ3) is 6.21. The quantitative estimate of drug-likeness (QED) is 0.125. The topological polar surface area (TPSA) is 97.7 Å². The molecule has 4 aromatic rings. The Hall–Kier alpha value is -3.14. The molecular weight excluding hydrogens is 579 g/mol. The van der Waals surface area contributed by atoms with Gasteiger partial charge >= 0.3 is 0 Å². The second-order valence-corrected chi connectivity index (χ2v) is 17.6. The summed E-state index contributed by atoms with van der Waals surface area (Å²) in [7, 11) is -1.15. The maximum atomic E-state index is 14.5. The van der Waals surface area contributed by atoms with E-state index in [0.29, 0.717) is 36.7 Å². The average Bonchev–Trinajstić information content (AvgIpc) is 3.66. The zero-order valence-corrected chi connectivity index (χ0v) is 25.0. The average molecular weight is 612 g/mol. The Morgan fingerprint density at radius 2 is 2.10 bits per heavy atom. The molecule has 0 radical (unpaired) electrons. The largest absolute Gasteiger partial charge is 0.361 e. The van der Waals surface area contributed by atoms with Crippen LogP contribution in [0.1, 0.15) is 18.9 Å². The van der Waals surface area contributed by atoms with Crippen LogP contribution in [0.2, 0.25) is 25.7 Å². The Kier molecular flexibility index (Phi) is 8.11. The summed E-state index contributed by atoms with van der Waals surface area (Å²) in [5.41, 5.74) is 2.46. The van der Waals surface area contributed by atoms with Crippen molar-refractivity contribution in [2.75, 3.05) is 24.6 Å². The number of anilines is 1. The highest BCUT2D eigenvalue weighted by molar-refractivity contribution is 9.10. The van der Waals surface area contributed by atoms with Crippen LogP contribution in [-0.4, -0.2) is 57.1 Å². The van der Waals surface area contributed by atoms with Crippen LogP contribution in [0.5, 0.6) is 0 Å². The second-order valence-electron chi connectivity index (χ2n) is 11.2. The summed E-state index contributed by atoms with van der Waals surface area (Å²) in [6.45, 7) is 9.46. The molecule has 0 bridgehead atoms. The van der Waals surface area contributed by atoms with Crippen molar-refractivity contribution in [3.63, 3.8) is 0 Å². The maximum absolute atomic E-state index is 14.5. The van der Waals surface area contributed by atoms with Gasteiger partial charge < -0.3 is 14.2 Å². The van der Waals surface area contributed by atoms with Crippen molar-refractivity contribution in [3.05, 3.63) is 53.5 Å². The number of hydrogen-bond donors (Lipinski definition) is 0. The Balaban J connectivity index is 1.33. The van der Waals surface area contributed by atoms with Crippen molar-refractivity contribution in [3.8, 4) is 17.3 Å². The fraction of sp³-hybridized carbons (Fsp3) is 0.444. The van der Waals surface area contributed by atoms with E-state index in [-0.39, 0.29) is 17.8 Å². The summed E-state index contributed by atoms with van der Waals surface area (Å²) in [5, 5.41) is 15.2. The molecular formula is C27H32BrFN8OSi. The first kappa shape index (κ1) is 27.4. The van der Waals surface area contributed by atoms with Crippen molar-refractivity contribution < 1.29 is 9.13 Å². The third-order valence-electron chi connectivity index (χ3n) is 7.16. The van der Waals surface area contributed by atoms with Crippen LogP contribution >= 0.6 is 15.9 Å². The number of nitriles is 1. The first-order chi connectivity index (χ1) is 18.7. The fourth-order valence-electron chi connectivity index (χ4n) is 5.01. The lowest BCUT2D eigenvalue weighted by Gasteiger charge is -2.23. The highest BCUT2D eigenvalue weighted by Gasteiger charge is 2.33. The van der Waals surface area contributed by atoms with Gasteiger partial charge in [0.15, 0.2) is 11.6 Å². The maximum Gasteiger partial charge on any atom is 0.166 e. The molecule has 2 atom stereocenters. The van der Waals surface area contributed by atoms with Gasteiger partial charge in [-0.25, -0.2) is 19.3 Å². The molecule has 12 heteroatoms. The van der Waals surface area contributed by atoms with Crippen molar-refractivity contribution in [2.24, 2.45) is 5.92 Å². The van der Waals surface area contributed by atoms with E-state index in [9.17, 15) is 9.65 Å². The van der Waals surface area contributed by atoms with Gasteiger partial charge in [-0.2, -0.15) is 10.4 Å². The normalized spacial score (nSPS) is 16.6. The van der Waals surface area contributed by atoms with E-state index in [0.717, 1.165) is 41.4 Å². The van der Waals surface area contributed by atoms with Crippen LogP contribution in [0, 0.1) is 23.1 Å². The van der Waals surface area contributed by atoms with Gasteiger partial charge in [0.25, 0.3) is 0 Å². The standard InChI is InChI=1S/C27H32BrFN8OSi/c1-39(2,3)13-12-38-18-36-11-8-21-25(31-17-32-26(21)36)20-14-33-37(16-20)23(6-9-30)19-7-10-35(15-19)27-22(29)4-5-24(28)34-27/h4-5,8,11,14,16-17,19,23H,6-7,10,12-13,15,18H2,1-3H3/t19-,23-/m0/s1. The van der Waals surface area contributed by atoms with Crippen LogP contribution < -0.4 is 4.90 Å². The summed E-state index contributed by atoms with van der Waals surface area (Å²) in [6.07, 6.45) is 8.39. The number of halogens is 2. The number of hydrogen-bond acceptors (Lipinski definition) is 7. The molecule has 39 heavy (non-hydrogen) atoms. The Morgan fingerprint density at radius 1 is 1.26 bits per heavy atom. The molecule has 0 unspecified atom stereocenters. The molecule has 0 spiro atoms. The van der Waals surface area contributed by atoms with Crippen LogP contribution in [0.4, 0.5) is 10.2 Å². The predicted molar refractivity (Wildman–Crippen MR) is 154 cm³/mol. The van der Waals surface area contributed by atoms with Gasteiger partial charge in [0.1, 0.15) is 23.3 Å². The van der Waals surface area contributed by atoms with Crippen LogP contribution in [0.3, 0.4) is 0 Å². The van der Waals surface area contributed by atoms with Gasteiger partial charge in [-0.15, -0.1) is 0 Å². The predicted octanol–water partition coefficient (Wildman–Crippen LogP) is 5.88. The van der Waals surface area contributed by atoms with Crippen LogP contribution in [0.15, 0.2) is 47.7 Å². The summed E-state index contributed by atoms with van der Waals surface area (Å²) < 4.78 is 24.8. The van der Waals surface area contributed by atoms with Crippen molar-refractivity contribution in [1.29, 1.82) is 5.26 Å². The number of ether oxygens (including phenoxy) is 1. The lowest BCUT2D eigenvalue weighted by Crippen LogP contribution is -2.26. The smallest absolute Gasteiger partial charge is 0.166 e. The number of pyridine rings is 1. The number of aromatic nitrogens is 6. The number of nitrogens with zero attached hydrogens (tertiary/aromatic N) is 8. The summed E-state index contributed by atoms with van der Waals surface area (Å²) in [5.74, 6) is 0.108. The Morgan fingerprint density at radius 3 is 2.90 bits per heavy atom. The molecule has 9 nitrogen and oxygen atoms in total. The Bertz CT molecular complexity index is 1490. The van der Waals surface area contributed by atoms with E-state index in [1.54, 1.807) is 18.6 Å². The molecule has 1 fully saturated rings. The minimum absolute atomic E-state index is 0.123. The molecule has 0 saturated carbocycles. The van der Waals surface area contributed by atoms with Crippen molar-refractivity contribution in [1.82, 2.24) is 29.3 Å². The van der Waals surface area contributed by atoms with E-state index in [1.807, 2.05) is 32.6 Å². The molecule has 4 aromatic heterocycles. The first-order valence-corrected chi connectivity index (χ1v) is 17.6. The highest BCUT2D eigenvalue weighted by Crippen LogP contribution is 2.35. The molecule has 1 aliphatic rings. The minimum atomic E-state index is -1.15. The molecule has 1 aliphatic heterocycles. The SMILES string of the molecule is C[Si](C)(C)CCOCn1ccc2c(-c3cnn([C@@H](CC#N)[C@H]4CCN(c5nc(Br)ccc5F)C4)c3)ncnc21. The molecule has 0 aromatic carbocycles. The van der Waals surface area contributed by atoms with E-state index in [1.165, 1.54) is 6.07 Å². The fourth-order valence-corrected chi connectivity index (χ4v) is 6.07. The van der Waals surface area contributed by atoms with E-state index < -0.39 is 8.07 Å². The summed E-state index contributed by atoms with van der Waals surface area (Å²) in [4.78, 5) is 15.3. The van der Waals surface area contributed by atoms with Gasteiger partial charge in [0.2, 0.25) is 0 Å². The molecule has 5 rings (SSSR count). The van der Waals surface area contributed by atoms with Crippen LogP contribution in [0.25, 0.3) is 22.3 Å². The monoisotopic (exact) mass is 610 g/mol. The molecule has 5 heterocycles. The summed E-state index contributed by atoms with van der Waals surface area (Å²) >= 11 is 3.34. The zero-order valence-electron chi connectivity index (χ0n) is 22.4. The molecule has 0 N–H and O–H groups in total. The third-order valence-corrected chi connectivity index (χ3v) is 9.31. The van der Waals surface area contributed by atoms with Gasteiger partial charge in [-0.3, -0.25) is 4.68 Å². The number of rotatable bonds is 10. The van der Waals surface area contributed by atoms with E-state index in [2.05, 4.69) is 61.7 Å². The van der Waals surface area contributed by atoms with Gasteiger partial charge in [0, 0.05) is 57.0 Å². The van der Waals surface area contributed by atoms with Gasteiger partial charge in [-0.1, -0.05) is 19.6 Å². The molecule has 1 saturated heterocycles. The van der Waals surface area contributed by atoms with Crippen molar-refractivity contribution in [2.45, 2.75) is 51.3 Å². The Labute approximate surface area is 236 Å². The first-order valence-electron chi connectivity index (χ1n) is 13.1. The van der Waals surface area contributed by atoms with Gasteiger partial charge in [-0.05, 0) is 46.6 Å².